The number of carbonyl (C=O) groups is 1. The molecular weight excluding hydrogens is 280 g/mol. The summed E-state index contributed by atoms with van der Waals surface area (Å²) in [5, 5.41) is 3.00. The monoisotopic (exact) mass is 304 g/mol. The maximum Gasteiger partial charge on any atom is 0.251 e. The van der Waals surface area contributed by atoms with Crippen molar-refractivity contribution in [2.24, 2.45) is 17.6 Å². The number of amides is 1. The lowest BCUT2D eigenvalue weighted by Gasteiger charge is -2.26. The minimum Gasteiger partial charge on any atom is -0.389 e. The van der Waals surface area contributed by atoms with Crippen LogP contribution >= 0.6 is 12.2 Å². The van der Waals surface area contributed by atoms with Gasteiger partial charge in [0, 0.05) is 17.7 Å². The summed E-state index contributed by atoms with van der Waals surface area (Å²) in [6.45, 7) is 3.07. The molecule has 1 fully saturated rings. The minimum atomic E-state index is -0.0442. The van der Waals surface area contributed by atoms with E-state index >= 15 is 0 Å². The van der Waals surface area contributed by atoms with E-state index in [9.17, 15) is 4.79 Å². The van der Waals surface area contributed by atoms with Crippen molar-refractivity contribution >= 4 is 23.1 Å². The van der Waals surface area contributed by atoms with Gasteiger partial charge in [-0.15, -0.1) is 0 Å². The van der Waals surface area contributed by atoms with Crippen molar-refractivity contribution in [3.05, 3.63) is 35.4 Å². The number of thiocarbonyl (C=S) groups is 1. The number of carbonyl (C=O) groups excluding carboxylic acids is 1. The van der Waals surface area contributed by atoms with E-state index in [4.69, 9.17) is 18.0 Å². The first-order valence-corrected chi connectivity index (χ1v) is 8.15. The SMILES string of the molecule is CC1CCC(CCNC(=O)c2cccc(C(N)=S)c2)CC1. The molecule has 1 saturated carbocycles. The number of nitrogens with two attached hydrogens (primary N) is 1. The van der Waals surface area contributed by atoms with Crippen LogP contribution < -0.4 is 11.1 Å². The zero-order chi connectivity index (χ0) is 15.2. The quantitative estimate of drug-likeness (QED) is 0.821. The molecule has 0 bridgehead atoms. The molecule has 3 nitrogen and oxygen atoms in total. The Kier molecular flexibility index (Phi) is 5.74. The zero-order valence-corrected chi connectivity index (χ0v) is 13.4. The first kappa shape index (κ1) is 16.0. The average Bonchev–Trinajstić information content (AvgIpc) is 2.49. The Balaban J connectivity index is 1.79. The van der Waals surface area contributed by atoms with Gasteiger partial charge in [-0.1, -0.05) is 57.0 Å². The molecule has 2 rings (SSSR count). The Morgan fingerprint density at radius 1 is 1.29 bits per heavy atom. The molecule has 0 unspecified atom stereocenters. The average molecular weight is 304 g/mol. The van der Waals surface area contributed by atoms with Crippen LogP contribution in [0, 0.1) is 11.8 Å². The number of rotatable bonds is 5. The fourth-order valence-corrected chi connectivity index (χ4v) is 3.05. The molecule has 0 heterocycles. The number of hydrogen-bond donors (Lipinski definition) is 2. The van der Waals surface area contributed by atoms with Crippen molar-refractivity contribution in [1.82, 2.24) is 5.32 Å². The predicted molar refractivity (Wildman–Crippen MR) is 90.4 cm³/mol. The van der Waals surface area contributed by atoms with Gasteiger partial charge in [0.15, 0.2) is 0 Å². The van der Waals surface area contributed by atoms with Crippen LogP contribution in [-0.2, 0) is 0 Å². The van der Waals surface area contributed by atoms with Gasteiger partial charge >= 0.3 is 0 Å². The van der Waals surface area contributed by atoms with Crippen LogP contribution in [0.25, 0.3) is 0 Å². The van der Waals surface area contributed by atoms with E-state index in [-0.39, 0.29) is 5.91 Å². The van der Waals surface area contributed by atoms with Gasteiger partial charge in [0.05, 0.1) is 0 Å². The molecule has 0 spiro atoms. The predicted octanol–water partition coefficient (Wildman–Crippen LogP) is 3.27. The van der Waals surface area contributed by atoms with Crippen LogP contribution in [0.1, 0.15) is 54.9 Å². The highest BCUT2D eigenvalue weighted by Gasteiger charge is 2.18. The molecule has 0 aromatic heterocycles. The smallest absolute Gasteiger partial charge is 0.251 e. The second kappa shape index (κ2) is 7.55. The van der Waals surface area contributed by atoms with E-state index in [0.29, 0.717) is 10.6 Å². The number of hydrogen-bond acceptors (Lipinski definition) is 2. The van der Waals surface area contributed by atoms with E-state index in [0.717, 1.165) is 30.4 Å². The van der Waals surface area contributed by atoms with Crippen molar-refractivity contribution in [2.45, 2.75) is 39.0 Å². The van der Waals surface area contributed by atoms with Crippen LogP contribution in [0.3, 0.4) is 0 Å². The van der Waals surface area contributed by atoms with Crippen molar-refractivity contribution in [3.8, 4) is 0 Å². The summed E-state index contributed by atoms with van der Waals surface area (Å²) >= 11 is 4.94. The molecule has 3 N–H and O–H groups in total. The van der Waals surface area contributed by atoms with Crippen LogP contribution in [0.5, 0.6) is 0 Å². The van der Waals surface area contributed by atoms with E-state index in [1.54, 1.807) is 12.1 Å². The molecule has 1 aliphatic rings. The van der Waals surface area contributed by atoms with Gasteiger partial charge < -0.3 is 11.1 Å². The van der Waals surface area contributed by atoms with Crippen molar-refractivity contribution in [1.29, 1.82) is 0 Å². The first-order valence-electron chi connectivity index (χ1n) is 7.74. The molecule has 0 atom stereocenters. The third kappa shape index (κ3) is 4.81. The Bertz CT molecular complexity index is 507. The van der Waals surface area contributed by atoms with Gasteiger partial charge in [0.1, 0.15) is 4.99 Å². The minimum absolute atomic E-state index is 0.0442. The van der Waals surface area contributed by atoms with E-state index in [2.05, 4.69) is 12.2 Å². The third-order valence-electron chi connectivity index (χ3n) is 4.38. The van der Waals surface area contributed by atoms with Crippen molar-refractivity contribution < 1.29 is 4.79 Å². The summed E-state index contributed by atoms with van der Waals surface area (Å²) in [6, 6.07) is 7.17. The van der Waals surface area contributed by atoms with Crippen LogP contribution in [-0.4, -0.2) is 17.4 Å². The number of benzene rings is 1. The maximum absolute atomic E-state index is 12.1. The van der Waals surface area contributed by atoms with E-state index in [1.165, 1.54) is 25.7 Å². The Hall–Kier alpha value is -1.42. The van der Waals surface area contributed by atoms with Gasteiger partial charge in [0.2, 0.25) is 0 Å². The molecule has 114 valence electrons. The fourth-order valence-electron chi connectivity index (χ4n) is 2.92. The Morgan fingerprint density at radius 3 is 2.62 bits per heavy atom. The summed E-state index contributed by atoms with van der Waals surface area (Å²) in [5.41, 5.74) is 6.95. The highest BCUT2D eigenvalue weighted by molar-refractivity contribution is 7.80. The molecule has 4 heteroatoms. The van der Waals surface area contributed by atoms with E-state index < -0.39 is 0 Å². The largest absolute Gasteiger partial charge is 0.389 e. The van der Waals surface area contributed by atoms with Gasteiger partial charge in [-0.05, 0) is 30.4 Å². The van der Waals surface area contributed by atoms with Crippen LogP contribution in [0.4, 0.5) is 0 Å². The van der Waals surface area contributed by atoms with E-state index in [1.807, 2.05) is 12.1 Å². The van der Waals surface area contributed by atoms with Gasteiger partial charge in [0.25, 0.3) is 5.91 Å². The topological polar surface area (TPSA) is 55.1 Å². The highest BCUT2D eigenvalue weighted by Crippen LogP contribution is 2.29. The van der Waals surface area contributed by atoms with Crippen molar-refractivity contribution in [3.63, 3.8) is 0 Å². The standard InChI is InChI=1S/C17H24N2OS/c1-12-5-7-13(8-6-12)9-10-19-17(20)15-4-2-3-14(11-15)16(18)21/h2-4,11-13H,5-10H2,1H3,(H2,18,21)(H,19,20). The van der Waals surface area contributed by atoms with Gasteiger partial charge in [-0.2, -0.15) is 0 Å². The molecule has 1 aromatic carbocycles. The maximum atomic E-state index is 12.1. The molecule has 1 aromatic rings. The Morgan fingerprint density at radius 2 is 1.95 bits per heavy atom. The summed E-state index contributed by atoms with van der Waals surface area (Å²) in [6.07, 6.45) is 6.33. The molecule has 0 aliphatic heterocycles. The Labute approximate surface area is 132 Å². The second-order valence-corrected chi connectivity index (χ2v) is 6.56. The van der Waals surface area contributed by atoms with Gasteiger partial charge in [-0.25, -0.2) is 0 Å². The molecule has 1 aliphatic carbocycles. The fraction of sp³-hybridized carbons (Fsp3) is 0.529. The third-order valence-corrected chi connectivity index (χ3v) is 4.62. The summed E-state index contributed by atoms with van der Waals surface area (Å²) in [7, 11) is 0. The number of nitrogens with one attached hydrogen (secondary N) is 1. The first-order chi connectivity index (χ1) is 10.1. The molecule has 0 saturated heterocycles. The summed E-state index contributed by atoms with van der Waals surface area (Å²) < 4.78 is 0. The molecular formula is C17H24N2OS. The van der Waals surface area contributed by atoms with Crippen LogP contribution in [0.2, 0.25) is 0 Å². The zero-order valence-electron chi connectivity index (χ0n) is 12.6. The summed E-state index contributed by atoms with van der Waals surface area (Å²) in [4.78, 5) is 12.4. The highest BCUT2D eigenvalue weighted by atomic mass is 32.1. The lowest BCUT2D eigenvalue weighted by atomic mass is 9.81. The lowest BCUT2D eigenvalue weighted by Crippen LogP contribution is -2.27. The molecule has 21 heavy (non-hydrogen) atoms. The lowest BCUT2D eigenvalue weighted by molar-refractivity contribution is 0.0949. The van der Waals surface area contributed by atoms with Crippen LogP contribution in [0.15, 0.2) is 24.3 Å². The molecule has 0 radical (unpaired) electrons. The van der Waals surface area contributed by atoms with Crippen molar-refractivity contribution in [2.75, 3.05) is 6.54 Å². The van der Waals surface area contributed by atoms with Gasteiger partial charge in [-0.3, -0.25) is 4.79 Å². The summed E-state index contributed by atoms with van der Waals surface area (Å²) in [5.74, 6) is 1.60. The molecule has 1 amide bonds. The second-order valence-electron chi connectivity index (χ2n) is 6.12. The normalized spacial score (nSPS) is 21.8.